The molecule has 0 aromatic carbocycles. The van der Waals surface area contributed by atoms with Crippen molar-refractivity contribution in [2.75, 3.05) is 6.61 Å². The molecule has 0 heterocycles. The van der Waals surface area contributed by atoms with Gasteiger partial charge in [0.1, 0.15) is 0 Å². The second-order valence-electron chi connectivity index (χ2n) is 2.15. The Kier molecular flexibility index (Phi) is 37.6. The molecule has 5 nitrogen and oxygen atoms in total. The zero-order valence-corrected chi connectivity index (χ0v) is 9.71. The van der Waals surface area contributed by atoms with Crippen molar-refractivity contribution in [2.45, 2.75) is 33.1 Å². The molecule has 0 atom stereocenters. The SMILES string of the molecule is CCCCC=CC(=O)[O-].CC[O-].[NH4+].[NH4+]. The lowest BCUT2D eigenvalue weighted by atomic mass is 10.2. The van der Waals surface area contributed by atoms with Crippen LogP contribution in [0.15, 0.2) is 12.2 Å². The van der Waals surface area contributed by atoms with Crippen molar-refractivity contribution >= 4 is 5.97 Å². The van der Waals surface area contributed by atoms with Crippen LogP contribution in [0, 0.1) is 0 Å². The summed E-state index contributed by atoms with van der Waals surface area (Å²) in [6.45, 7) is 3.63. The number of carbonyl (C=O) groups excluding carboxylic acids is 1. The summed E-state index contributed by atoms with van der Waals surface area (Å²) in [4.78, 5) is 9.76. The normalized spacial score (nSPS) is 7.93. The number of allylic oxidation sites excluding steroid dienone is 1. The molecule has 0 rings (SSSR count). The maximum absolute atomic E-state index is 9.76. The Morgan fingerprint density at radius 3 is 2.00 bits per heavy atom. The summed E-state index contributed by atoms with van der Waals surface area (Å²) in [6, 6.07) is 0. The minimum atomic E-state index is -1.11. The van der Waals surface area contributed by atoms with Gasteiger partial charge in [-0.25, -0.2) is 0 Å². The average Bonchev–Trinajstić information content (AvgIpc) is 1.99. The van der Waals surface area contributed by atoms with Crippen molar-refractivity contribution < 1.29 is 15.0 Å². The molecule has 0 aromatic heterocycles. The van der Waals surface area contributed by atoms with Crippen LogP contribution in [0.4, 0.5) is 0 Å². The van der Waals surface area contributed by atoms with Crippen molar-refractivity contribution in [1.82, 2.24) is 12.3 Å². The van der Waals surface area contributed by atoms with Gasteiger partial charge in [-0.05, 0) is 12.5 Å². The Morgan fingerprint density at radius 1 is 1.29 bits per heavy atom. The van der Waals surface area contributed by atoms with E-state index < -0.39 is 5.97 Å². The second kappa shape index (κ2) is 22.7. The average molecular weight is 208 g/mol. The summed E-state index contributed by atoms with van der Waals surface area (Å²) in [5.74, 6) is -1.11. The predicted molar refractivity (Wildman–Crippen MR) is 56.2 cm³/mol. The van der Waals surface area contributed by atoms with Gasteiger partial charge in [0, 0.05) is 0 Å². The van der Waals surface area contributed by atoms with Gasteiger partial charge in [-0.1, -0.05) is 32.8 Å². The van der Waals surface area contributed by atoms with Crippen LogP contribution in [-0.4, -0.2) is 12.6 Å². The van der Waals surface area contributed by atoms with E-state index >= 15 is 0 Å². The number of carbonyl (C=O) groups is 1. The smallest absolute Gasteiger partial charge is 0.0639 e. The Bertz CT molecular complexity index is 127. The van der Waals surface area contributed by atoms with E-state index in [1.165, 1.54) is 0 Å². The van der Waals surface area contributed by atoms with Gasteiger partial charge in [0.2, 0.25) is 0 Å². The highest BCUT2D eigenvalue weighted by Gasteiger charge is 1.76. The van der Waals surface area contributed by atoms with Gasteiger partial charge in [-0.2, -0.15) is 0 Å². The first kappa shape index (κ1) is 23.2. The van der Waals surface area contributed by atoms with Crippen LogP contribution < -0.4 is 22.5 Å². The molecule has 0 saturated heterocycles. The zero-order valence-electron chi connectivity index (χ0n) is 9.71. The topological polar surface area (TPSA) is 136 Å². The summed E-state index contributed by atoms with van der Waals surface area (Å²) >= 11 is 0. The minimum Gasteiger partial charge on any atom is -0.855 e. The van der Waals surface area contributed by atoms with Crippen LogP contribution in [-0.2, 0) is 4.79 Å². The van der Waals surface area contributed by atoms with Crippen molar-refractivity contribution in [3.8, 4) is 0 Å². The molecule has 88 valence electrons. The van der Waals surface area contributed by atoms with E-state index in [0.29, 0.717) is 0 Å². The van der Waals surface area contributed by atoms with E-state index in [-0.39, 0.29) is 18.9 Å². The van der Waals surface area contributed by atoms with Crippen LogP contribution in [0.25, 0.3) is 0 Å². The summed E-state index contributed by atoms with van der Waals surface area (Å²) in [7, 11) is 0. The lowest BCUT2D eigenvalue weighted by molar-refractivity contribution is -0.361. The number of quaternary nitrogens is 2. The van der Waals surface area contributed by atoms with Crippen molar-refractivity contribution in [2.24, 2.45) is 0 Å². The summed E-state index contributed by atoms with van der Waals surface area (Å²) in [5.41, 5.74) is 0. The first-order chi connectivity index (χ1) is 5.68. The van der Waals surface area contributed by atoms with Crippen LogP contribution in [0.1, 0.15) is 33.1 Å². The Morgan fingerprint density at radius 2 is 1.71 bits per heavy atom. The predicted octanol–water partition coefficient (Wildman–Crippen LogP) is 0.602. The largest absolute Gasteiger partial charge is 0.855 e. The van der Waals surface area contributed by atoms with E-state index in [4.69, 9.17) is 5.11 Å². The monoisotopic (exact) mass is 208 g/mol. The number of hydrogen-bond acceptors (Lipinski definition) is 3. The van der Waals surface area contributed by atoms with E-state index in [2.05, 4.69) is 6.92 Å². The second-order valence-corrected chi connectivity index (χ2v) is 2.15. The van der Waals surface area contributed by atoms with E-state index in [1.54, 1.807) is 13.0 Å². The van der Waals surface area contributed by atoms with Crippen LogP contribution in [0.5, 0.6) is 0 Å². The molecule has 0 aliphatic carbocycles. The minimum absolute atomic E-state index is 0. The third-order valence-corrected chi connectivity index (χ3v) is 0.978. The highest BCUT2D eigenvalue weighted by Crippen LogP contribution is 1.93. The van der Waals surface area contributed by atoms with Gasteiger partial charge in [-0.3, -0.25) is 0 Å². The molecule has 0 aliphatic heterocycles. The van der Waals surface area contributed by atoms with E-state index in [9.17, 15) is 9.90 Å². The zero-order chi connectivity index (χ0) is 9.82. The van der Waals surface area contributed by atoms with Gasteiger partial charge >= 0.3 is 0 Å². The molecule has 0 aromatic rings. The first-order valence-corrected chi connectivity index (χ1v) is 4.14. The molecule has 0 fully saturated rings. The van der Waals surface area contributed by atoms with Crippen molar-refractivity contribution in [3.63, 3.8) is 0 Å². The molecule has 0 bridgehead atoms. The van der Waals surface area contributed by atoms with Gasteiger partial charge in [0.05, 0.1) is 5.97 Å². The molecule has 14 heavy (non-hydrogen) atoms. The Labute approximate surface area is 86.0 Å². The van der Waals surface area contributed by atoms with E-state index in [0.717, 1.165) is 25.3 Å². The maximum Gasteiger partial charge on any atom is 0.0639 e. The van der Waals surface area contributed by atoms with Gasteiger partial charge in [0.25, 0.3) is 0 Å². The summed E-state index contributed by atoms with van der Waals surface area (Å²) in [5, 5.41) is 18.7. The fourth-order valence-corrected chi connectivity index (χ4v) is 0.502. The molecule has 0 aliphatic rings. The molecule has 0 amide bonds. The van der Waals surface area contributed by atoms with Gasteiger partial charge in [-0.15, -0.1) is 6.61 Å². The third-order valence-electron chi connectivity index (χ3n) is 0.978. The van der Waals surface area contributed by atoms with Crippen molar-refractivity contribution in [1.29, 1.82) is 0 Å². The summed E-state index contributed by atoms with van der Waals surface area (Å²) < 4.78 is 0. The molecule has 0 saturated carbocycles. The number of rotatable bonds is 4. The Hall–Kier alpha value is -0.910. The molecule has 8 N–H and O–H groups in total. The van der Waals surface area contributed by atoms with Gasteiger partial charge < -0.3 is 27.3 Å². The maximum atomic E-state index is 9.76. The molecule has 0 unspecified atom stereocenters. The fraction of sp³-hybridized carbons (Fsp3) is 0.667. The highest BCUT2D eigenvalue weighted by atomic mass is 16.4. The number of carboxylic acids is 1. The third kappa shape index (κ3) is 43.6. The lowest BCUT2D eigenvalue weighted by Crippen LogP contribution is -2.18. The number of aliphatic carboxylic acids is 1. The Balaban J connectivity index is -0.0000000891. The molecule has 0 radical (unpaired) electrons. The number of hydrogen-bond donors (Lipinski definition) is 2. The lowest BCUT2D eigenvalue weighted by Gasteiger charge is -1.90. The van der Waals surface area contributed by atoms with Crippen LogP contribution >= 0.6 is 0 Å². The highest BCUT2D eigenvalue weighted by molar-refractivity contribution is 5.77. The standard InChI is InChI=1S/C7H12O2.C2H5O.2H3N/c1-2-3-4-5-6-7(8)9;1-2-3;;/h5-6H,2-4H2,1H3,(H,8,9);2H2,1H3;2*1H3/q;-1;;/p+1. The number of carboxylic acid groups (broad SMARTS) is 1. The molecular formula is C9H24N2O3. The van der Waals surface area contributed by atoms with Crippen molar-refractivity contribution in [3.05, 3.63) is 12.2 Å². The van der Waals surface area contributed by atoms with Gasteiger partial charge in [0.15, 0.2) is 0 Å². The quantitative estimate of drug-likeness (QED) is 0.517. The summed E-state index contributed by atoms with van der Waals surface area (Å²) in [6.07, 6.45) is 5.68. The first-order valence-electron chi connectivity index (χ1n) is 4.14. The van der Waals surface area contributed by atoms with Crippen LogP contribution in [0.3, 0.4) is 0 Å². The molecule has 5 heteroatoms. The van der Waals surface area contributed by atoms with E-state index in [1.807, 2.05) is 0 Å². The molecule has 0 spiro atoms. The van der Waals surface area contributed by atoms with Crippen LogP contribution in [0.2, 0.25) is 0 Å². The fourth-order valence-electron chi connectivity index (χ4n) is 0.502. The number of unbranched alkanes of at least 4 members (excludes halogenated alkanes) is 2. The molecular weight excluding hydrogens is 184 g/mol.